The smallest absolute Gasteiger partial charge is 0.335 e. The Hall–Kier alpha value is -2.97. The fraction of sp³-hybridized carbons (Fsp3) is 0. The number of nitrogens with one attached hydrogen (secondary N) is 1. The number of hydrogen-bond donors (Lipinski definition) is 2. The van der Waals surface area contributed by atoms with E-state index in [2.05, 4.69) is 0 Å². The highest BCUT2D eigenvalue weighted by molar-refractivity contribution is 7.92. The van der Waals surface area contributed by atoms with Crippen LogP contribution in [0.1, 0.15) is 10.4 Å². The number of sulfonamides is 1. The van der Waals surface area contributed by atoms with Crippen molar-refractivity contribution in [2.75, 3.05) is 4.72 Å². The Morgan fingerprint density at radius 3 is 2.29 bits per heavy atom. The number of benzene rings is 3. The molecule has 0 atom stereocenters. The lowest BCUT2D eigenvalue weighted by Gasteiger charge is -2.12. The van der Waals surface area contributed by atoms with Crippen molar-refractivity contribution in [1.29, 1.82) is 0 Å². The van der Waals surface area contributed by atoms with Crippen LogP contribution in [-0.4, -0.2) is 19.5 Å². The molecule has 0 aliphatic heterocycles. The van der Waals surface area contributed by atoms with E-state index < -0.39 is 38.2 Å². The first-order valence-corrected chi connectivity index (χ1v) is 9.64. The van der Waals surface area contributed by atoms with E-state index in [9.17, 15) is 22.0 Å². The second kappa shape index (κ2) is 7.57. The third-order valence-corrected chi connectivity index (χ3v) is 5.38. The van der Waals surface area contributed by atoms with Crippen molar-refractivity contribution in [3.63, 3.8) is 0 Å². The van der Waals surface area contributed by atoms with Gasteiger partial charge in [0.1, 0.15) is 11.6 Å². The Kier molecular flexibility index (Phi) is 5.35. The second-order valence-corrected chi connectivity index (χ2v) is 7.88. The van der Waals surface area contributed by atoms with Gasteiger partial charge in [-0.1, -0.05) is 41.9 Å². The molecule has 0 saturated heterocycles. The van der Waals surface area contributed by atoms with Crippen LogP contribution in [0.4, 0.5) is 14.5 Å². The van der Waals surface area contributed by atoms with Crippen LogP contribution in [0.3, 0.4) is 0 Å². The summed E-state index contributed by atoms with van der Waals surface area (Å²) < 4.78 is 55.6. The molecule has 3 aromatic carbocycles. The Bertz CT molecular complexity index is 1170. The summed E-state index contributed by atoms with van der Waals surface area (Å²) in [7, 11) is -4.39. The molecule has 0 radical (unpaired) electrons. The van der Waals surface area contributed by atoms with Crippen LogP contribution in [0.25, 0.3) is 11.1 Å². The van der Waals surface area contributed by atoms with Gasteiger partial charge >= 0.3 is 5.97 Å². The number of rotatable bonds is 5. The fourth-order valence-electron chi connectivity index (χ4n) is 2.51. The number of hydrogen-bond acceptors (Lipinski definition) is 3. The van der Waals surface area contributed by atoms with Crippen molar-refractivity contribution in [3.8, 4) is 11.1 Å². The first-order valence-electron chi connectivity index (χ1n) is 7.78. The van der Waals surface area contributed by atoms with E-state index in [1.165, 1.54) is 0 Å². The third-order valence-electron chi connectivity index (χ3n) is 3.81. The van der Waals surface area contributed by atoms with Crippen molar-refractivity contribution in [1.82, 2.24) is 0 Å². The van der Waals surface area contributed by atoms with Crippen molar-refractivity contribution in [2.45, 2.75) is 4.90 Å². The highest BCUT2D eigenvalue weighted by Crippen LogP contribution is 2.30. The van der Waals surface area contributed by atoms with E-state index in [0.29, 0.717) is 11.6 Å². The van der Waals surface area contributed by atoms with E-state index in [0.717, 1.165) is 24.3 Å². The van der Waals surface area contributed by atoms with Crippen LogP contribution in [-0.2, 0) is 10.0 Å². The normalized spacial score (nSPS) is 11.2. The van der Waals surface area contributed by atoms with Gasteiger partial charge in [-0.25, -0.2) is 22.0 Å². The zero-order valence-corrected chi connectivity index (χ0v) is 15.6. The minimum Gasteiger partial charge on any atom is -0.478 e. The monoisotopic (exact) mass is 423 g/mol. The van der Waals surface area contributed by atoms with Gasteiger partial charge in [0.05, 0.1) is 16.1 Å². The molecule has 0 aliphatic rings. The first-order chi connectivity index (χ1) is 13.2. The Morgan fingerprint density at radius 1 is 0.964 bits per heavy atom. The highest BCUT2D eigenvalue weighted by atomic mass is 35.5. The van der Waals surface area contributed by atoms with E-state index in [-0.39, 0.29) is 16.1 Å². The van der Waals surface area contributed by atoms with Crippen LogP contribution in [0.2, 0.25) is 5.02 Å². The lowest BCUT2D eigenvalue weighted by Crippen LogP contribution is -2.15. The number of aromatic carboxylic acids is 1. The van der Waals surface area contributed by atoms with Gasteiger partial charge < -0.3 is 5.11 Å². The van der Waals surface area contributed by atoms with Crippen molar-refractivity contribution in [2.24, 2.45) is 0 Å². The molecular formula is C19H12ClF2NO4S. The van der Waals surface area contributed by atoms with Gasteiger partial charge in [-0.15, -0.1) is 0 Å². The number of anilines is 1. The van der Waals surface area contributed by atoms with Gasteiger partial charge in [0.2, 0.25) is 0 Å². The van der Waals surface area contributed by atoms with Gasteiger partial charge in [-0.05, 0) is 29.8 Å². The van der Waals surface area contributed by atoms with Gasteiger partial charge in [0, 0.05) is 16.7 Å². The molecule has 5 nitrogen and oxygen atoms in total. The molecule has 2 N–H and O–H groups in total. The van der Waals surface area contributed by atoms with Crippen LogP contribution >= 0.6 is 11.6 Å². The van der Waals surface area contributed by atoms with Crippen LogP contribution in [0, 0.1) is 11.6 Å². The van der Waals surface area contributed by atoms with Crippen molar-refractivity contribution < 1.29 is 27.1 Å². The summed E-state index contributed by atoms with van der Waals surface area (Å²) in [4.78, 5) is 10.6. The largest absolute Gasteiger partial charge is 0.478 e. The average molecular weight is 424 g/mol. The van der Waals surface area contributed by atoms with Gasteiger partial charge in [-0.3, -0.25) is 4.72 Å². The van der Waals surface area contributed by atoms with Crippen LogP contribution in [0.5, 0.6) is 0 Å². The number of carboxylic acid groups (broad SMARTS) is 1. The molecule has 0 heterocycles. The van der Waals surface area contributed by atoms with E-state index in [4.69, 9.17) is 16.7 Å². The van der Waals surface area contributed by atoms with Gasteiger partial charge in [0.15, 0.2) is 0 Å². The molecule has 0 fully saturated rings. The predicted molar refractivity (Wildman–Crippen MR) is 101 cm³/mol. The lowest BCUT2D eigenvalue weighted by molar-refractivity contribution is 0.0696. The molecule has 3 rings (SSSR count). The second-order valence-electron chi connectivity index (χ2n) is 5.76. The summed E-state index contributed by atoms with van der Waals surface area (Å²) in [6.07, 6.45) is 0. The fourth-order valence-corrected chi connectivity index (χ4v) is 3.94. The van der Waals surface area contributed by atoms with Gasteiger partial charge in [-0.2, -0.15) is 0 Å². The van der Waals surface area contributed by atoms with E-state index in [1.54, 1.807) is 30.3 Å². The molecule has 28 heavy (non-hydrogen) atoms. The summed E-state index contributed by atoms with van der Waals surface area (Å²) in [5.41, 5.74) is -0.414. The maximum absolute atomic E-state index is 14.2. The maximum Gasteiger partial charge on any atom is 0.335 e. The SMILES string of the molecule is O=C(O)c1cc(Cl)cc(S(=O)(=O)Nc2cc(-c3ccccc3)c(F)cc2F)c1. The Balaban J connectivity index is 2.05. The van der Waals surface area contributed by atoms with Crippen molar-refractivity contribution >= 4 is 33.3 Å². The molecular weight excluding hydrogens is 412 g/mol. The molecule has 0 unspecified atom stereocenters. The summed E-state index contributed by atoms with van der Waals surface area (Å²) in [5, 5.41) is 8.93. The van der Waals surface area contributed by atoms with E-state index >= 15 is 0 Å². The van der Waals surface area contributed by atoms with Crippen LogP contribution in [0.15, 0.2) is 65.6 Å². The summed E-state index contributed by atoms with van der Waals surface area (Å²) in [5.74, 6) is -3.36. The molecule has 0 bridgehead atoms. The van der Waals surface area contributed by atoms with E-state index in [1.807, 2.05) is 4.72 Å². The summed E-state index contributed by atoms with van der Waals surface area (Å²) in [6.45, 7) is 0. The van der Waals surface area contributed by atoms with Crippen molar-refractivity contribution in [3.05, 3.63) is 82.9 Å². The molecule has 3 aromatic rings. The number of halogens is 3. The first kappa shape index (κ1) is 19.8. The lowest BCUT2D eigenvalue weighted by atomic mass is 10.0. The standard InChI is InChI=1S/C19H12ClF2NO4S/c20-13-6-12(19(24)25)7-14(8-13)28(26,27)23-18-9-15(16(21)10-17(18)22)11-4-2-1-3-5-11/h1-10,23H,(H,24,25). The average Bonchev–Trinajstić information content (AvgIpc) is 2.64. The molecule has 0 amide bonds. The Morgan fingerprint density at radius 2 is 1.64 bits per heavy atom. The minimum atomic E-state index is -4.39. The topological polar surface area (TPSA) is 83.5 Å². The predicted octanol–water partition coefficient (Wildman–Crippen LogP) is 4.78. The quantitative estimate of drug-likeness (QED) is 0.618. The zero-order chi connectivity index (χ0) is 20.5. The third kappa shape index (κ3) is 4.13. The molecule has 0 spiro atoms. The maximum atomic E-state index is 14.2. The number of carboxylic acids is 1. The highest BCUT2D eigenvalue weighted by Gasteiger charge is 2.21. The molecule has 144 valence electrons. The molecule has 0 saturated carbocycles. The molecule has 0 aliphatic carbocycles. The summed E-state index contributed by atoms with van der Waals surface area (Å²) >= 11 is 5.78. The summed E-state index contributed by atoms with van der Waals surface area (Å²) in [6, 6.07) is 12.8. The Labute approximate surface area is 164 Å². The van der Waals surface area contributed by atoms with Gasteiger partial charge in [0.25, 0.3) is 10.0 Å². The molecule has 0 aromatic heterocycles. The van der Waals surface area contributed by atoms with Crippen LogP contribution < -0.4 is 4.72 Å². The number of carbonyl (C=O) groups is 1. The molecule has 9 heteroatoms. The zero-order valence-electron chi connectivity index (χ0n) is 14.0. The minimum absolute atomic E-state index is 0.00276.